The van der Waals surface area contributed by atoms with E-state index in [0.717, 1.165) is 23.3 Å². The maximum atomic E-state index is 5.21. The van der Waals surface area contributed by atoms with Crippen LogP contribution >= 0.6 is 27.3 Å². The summed E-state index contributed by atoms with van der Waals surface area (Å²) >= 11 is 5.30. The Balaban J connectivity index is 1.91. The van der Waals surface area contributed by atoms with Crippen LogP contribution in [-0.4, -0.2) is 7.11 Å². The van der Waals surface area contributed by atoms with E-state index in [0.29, 0.717) is 0 Å². The second-order valence-electron chi connectivity index (χ2n) is 4.10. The molecule has 0 aliphatic rings. The Morgan fingerprint density at radius 2 is 2.11 bits per heavy atom. The number of thiophene rings is 1. The molecule has 0 saturated carbocycles. The average molecular weight is 326 g/mol. The van der Waals surface area contributed by atoms with Crippen molar-refractivity contribution in [2.75, 3.05) is 7.11 Å². The number of hydrogen-bond acceptors (Lipinski definition) is 3. The fraction of sp³-hybridized carbons (Fsp3) is 0.286. The molecule has 2 aromatic rings. The third kappa shape index (κ3) is 3.34. The van der Waals surface area contributed by atoms with Gasteiger partial charge in [0.15, 0.2) is 0 Å². The van der Waals surface area contributed by atoms with Gasteiger partial charge in [-0.15, -0.1) is 11.3 Å². The zero-order chi connectivity index (χ0) is 13.0. The fourth-order valence-electron chi connectivity index (χ4n) is 1.73. The summed E-state index contributed by atoms with van der Waals surface area (Å²) in [7, 11) is 1.68. The van der Waals surface area contributed by atoms with Crippen LogP contribution in [0.5, 0.6) is 5.75 Å². The van der Waals surface area contributed by atoms with Crippen molar-refractivity contribution in [3.8, 4) is 5.75 Å². The van der Waals surface area contributed by atoms with E-state index in [9.17, 15) is 0 Å². The van der Waals surface area contributed by atoms with E-state index >= 15 is 0 Å². The monoisotopic (exact) mass is 325 g/mol. The first-order chi connectivity index (χ1) is 8.70. The van der Waals surface area contributed by atoms with Gasteiger partial charge in [0.25, 0.3) is 0 Å². The molecule has 0 radical (unpaired) electrons. The molecule has 0 amide bonds. The second-order valence-corrected chi connectivity index (χ2v) is 5.95. The highest BCUT2D eigenvalue weighted by Gasteiger charge is 2.02. The number of halogens is 1. The van der Waals surface area contributed by atoms with Gasteiger partial charge in [-0.1, -0.05) is 6.07 Å². The first-order valence-corrected chi connectivity index (χ1v) is 7.44. The van der Waals surface area contributed by atoms with Crippen LogP contribution in [0.1, 0.15) is 16.0 Å². The lowest BCUT2D eigenvalue weighted by molar-refractivity contribution is 0.412. The lowest BCUT2D eigenvalue weighted by Crippen LogP contribution is -2.12. The average Bonchev–Trinajstić information content (AvgIpc) is 2.75. The van der Waals surface area contributed by atoms with Gasteiger partial charge in [-0.3, -0.25) is 0 Å². The summed E-state index contributed by atoms with van der Waals surface area (Å²) in [5.41, 5.74) is 2.61. The molecule has 2 rings (SSSR count). The van der Waals surface area contributed by atoms with Crippen LogP contribution in [0.25, 0.3) is 0 Å². The maximum Gasteiger partial charge on any atom is 0.133 e. The topological polar surface area (TPSA) is 21.3 Å². The van der Waals surface area contributed by atoms with E-state index in [1.165, 1.54) is 16.0 Å². The highest BCUT2D eigenvalue weighted by Crippen LogP contribution is 2.25. The highest BCUT2D eigenvalue weighted by atomic mass is 79.9. The quantitative estimate of drug-likeness (QED) is 0.892. The first-order valence-electron chi connectivity index (χ1n) is 5.77. The smallest absolute Gasteiger partial charge is 0.133 e. The molecule has 4 heteroatoms. The molecule has 0 saturated heterocycles. The van der Waals surface area contributed by atoms with E-state index in [2.05, 4.69) is 51.7 Å². The van der Waals surface area contributed by atoms with E-state index < -0.39 is 0 Å². The molecule has 0 unspecified atom stereocenters. The van der Waals surface area contributed by atoms with Crippen molar-refractivity contribution >= 4 is 27.3 Å². The molecular formula is C14H16BrNOS. The van der Waals surface area contributed by atoms with E-state index in [1.807, 2.05) is 6.07 Å². The minimum absolute atomic E-state index is 0.861. The largest absolute Gasteiger partial charge is 0.496 e. The predicted molar refractivity (Wildman–Crippen MR) is 80.3 cm³/mol. The zero-order valence-corrected chi connectivity index (χ0v) is 12.9. The van der Waals surface area contributed by atoms with E-state index in [-0.39, 0.29) is 0 Å². The van der Waals surface area contributed by atoms with Gasteiger partial charge in [0.2, 0.25) is 0 Å². The Morgan fingerprint density at radius 3 is 2.72 bits per heavy atom. The molecule has 1 aromatic carbocycles. The summed E-state index contributed by atoms with van der Waals surface area (Å²) in [5.74, 6) is 0.868. The normalized spacial score (nSPS) is 10.6. The number of nitrogens with one attached hydrogen (secondary N) is 1. The van der Waals surface area contributed by atoms with Crippen molar-refractivity contribution in [2.45, 2.75) is 20.0 Å². The molecule has 1 aromatic heterocycles. The zero-order valence-electron chi connectivity index (χ0n) is 10.5. The van der Waals surface area contributed by atoms with Gasteiger partial charge in [-0.05, 0) is 57.6 Å². The van der Waals surface area contributed by atoms with Gasteiger partial charge in [-0.2, -0.15) is 0 Å². The summed E-state index contributed by atoms with van der Waals surface area (Å²) in [4.78, 5) is 1.41. The Hall–Kier alpha value is -0.840. The fourth-order valence-corrected chi connectivity index (χ4v) is 3.19. The summed E-state index contributed by atoms with van der Waals surface area (Å²) in [6.45, 7) is 3.94. The lowest BCUT2D eigenvalue weighted by atomic mass is 10.2. The predicted octanol–water partition coefficient (Wildman–Crippen LogP) is 4.12. The molecule has 18 heavy (non-hydrogen) atoms. The minimum Gasteiger partial charge on any atom is -0.496 e. The maximum absolute atomic E-state index is 5.21. The van der Waals surface area contributed by atoms with Gasteiger partial charge in [-0.25, -0.2) is 0 Å². The number of ether oxygens (including phenoxy) is 1. The molecular weight excluding hydrogens is 310 g/mol. The van der Waals surface area contributed by atoms with Gasteiger partial charge in [0.05, 0.1) is 11.6 Å². The van der Waals surface area contributed by atoms with Crippen LogP contribution in [-0.2, 0) is 13.1 Å². The number of rotatable bonds is 5. The van der Waals surface area contributed by atoms with Crippen molar-refractivity contribution in [1.29, 1.82) is 0 Å². The Bertz CT molecular complexity index is 524. The van der Waals surface area contributed by atoms with Crippen LogP contribution < -0.4 is 10.1 Å². The van der Waals surface area contributed by atoms with Gasteiger partial charge < -0.3 is 10.1 Å². The van der Waals surface area contributed by atoms with Crippen molar-refractivity contribution in [3.05, 3.63) is 50.1 Å². The number of methoxy groups -OCH3 is 1. The Kier molecular flexibility index (Phi) is 4.80. The minimum atomic E-state index is 0.861. The van der Waals surface area contributed by atoms with Crippen LogP contribution in [0.3, 0.4) is 0 Å². The van der Waals surface area contributed by atoms with Crippen LogP contribution in [0.4, 0.5) is 0 Å². The summed E-state index contributed by atoms with van der Waals surface area (Å²) < 4.78 is 6.21. The summed E-state index contributed by atoms with van der Waals surface area (Å²) in [6.07, 6.45) is 0. The number of hydrogen-bond donors (Lipinski definition) is 1. The molecule has 2 nitrogen and oxygen atoms in total. The van der Waals surface area contributed by atoms with Gasteiger partial charge >= 0.3 is 0 Å². The molecule has 0 atom stereocenters. The number of benzene rings is 1. The molecule has 0 aliphatic heterocycles. The SMILES string of the molecule is COc1ccc(CNCc2sccc2C)cc1Br. The molecule has 0 spiro atoms. The Labute approximate surface area is 120 Å². The number of aryl methyl sites for hydroxylation is 1. The van der Waals surface area contributed by atoms with E-state index in [1.54, 1.807) is 18.4 Å². The molecule has 1 heterocycles. The third-order valence-electron chi connectivity index (χ3n) is 2.80. The molecule has 0 aliphatic carbocycles. The van der Waals surface area contributed by atoms with Crippen LogP contribution in [0.15, 0.2) is 34.1 Å². The van der Waals surface area contributed by atoms with Crippen molar-refractivity contribution in [1.82, 2.24) is 5.32 Å². The Morgan fingerprint density at radius 1 is 1.28 bits per heavy atom. The summed E-state index contributed by atoms with van der Waals surface area (Å²) in [6, 6.07) is 8.31. The molecule has 0 fully saturated rings. The van der Waals surface area contributed by atoms with E-state index in [4.69, 9.17) is 4.74 Å². The molecule has 0 bridgehead atoms. The first kappa shape index (κ1) is 13.6. The molecule has 1 N–H and O–H groups in total. The van der Waals surface area contributed by atoms with Gasteiger partial charge in [0.1, 0.15) is 5.75 Å². The van der Waals surface area contributed by atoms with Gasteiger partial charge in [0, 0.05) is 18.0 Å². The van der Waals surface area contributed by atoms with Crippen LogP contribution in [0.2, 0.25) is 0 Å². The van der Waals surface area contributed by atoms with Crippen molar-refractivity contribution in [2.24, 2.45) is 0 Å². The lowest BCUT2D eigenvalue weighted by Gasteiger charge is -2.07. The van der Waals surface area contributed by atoms with Crippen LogP contribution in [0, 0.1) is 6.92 Å². The highest BCUT2D eigenvalue weighted by molar-refractivity contribution is 9.10. The van der Waals surface area contributed by atoms with Crippen molar-refractivity contribution in [3.63, 3.8) is 0 Å². The second kappa shape index (κ2) is 6.36. The standard InChI is InChI=1S/C14H16BrNOS/c1-10-5-6-18-14(10)9-16-8-11-3-4-13(17-2)12(15)7-11/h3-7,16H,8-9H2,1-2H3. The summed E-state index contributed by atoms with van der Waals surface area (Å²) in [5, 5.41) is 5.59. The third-order valence-corrected chi connectivity index (χ3v) is 4.44. The van der Waals surface area contributed by atoms with Crippen molar-refractivity contribution < 1.29 is 4.74 Å². The molecule has 96 valence electrons.